The molecular formula is C15H19ClN2O. The third-order valence-electron chi connectivity index (χ3n) is 3.57. The van der Waals surface area contributed by atoms with Crippen molar-refractivity contribution >= 4 is 23.2 Å². The van der Waals surface area contributed by atoms with E-state index in [2.05, 4.69) is 10.5 Å². The zero-order chi connectivity index (χ0) is 13.7. The molecule has 0 aromatic heterocycles. The van der Waals surface area contributed by atoms with Crippen molar-refractivity contribution in [1.82, 2.24) is 5.43 Å². The van der Waals surface area contributed by atoms with Crippen LogP contribution in [0.4, 0.5) is 0 Å². The highest BCUT2D eigenvalue weighted by Crippen LogP contribution is 2.23. The van der Waals surface area contributed by atoms with Gasteiger partial charge in [-0.1, -0.05) is 43.0 Å². The van der Waals surface area contributed by atoms with Crippen molar-refractivity contribution in [1.29, 1.82) is 0 Å². The molecular weight excluding hydrogens is 260 g/mol. The minimum Gasteiger partial charge on any atom is -0.273 e. The van der Waals surface area contributed by atoms with Crippen LogP contribution in [0, 0.1) is 5.92 Å². The summed E-state index contributed by atoms with van der Waals surface area (Å²) >= 11 is 5.84. The number of halogens is 1. The molecule has 0 saturated heterocycles. The molecule has 0 spiro atoms. The minimum atomic E-state index is 0.0491. The van der Waals surface area contributed by atoms with E-state index in [1.54, 1.807) is 0 Å². The first-order valence-corrected chi connectivity index (χ1v) is 7.14. The average molecular weight is 279 g/mol. The zero-order valence-electron chi connectivity index (χ0n) is 11.2. The number of hydrogen-bond donors (Lipinski definition) is 1. The second-order valence-corrected chi connectivity index (χ2v) is 5.45. The van der Waals surface area contributed by atoms with Gasteiger partial charge in [-0.3, -0.25) is 4.79 Å². The normalized spacial score (nSPS) is 17.3. The quantitative estimate of drug-likeness (QED) is 0.664. The number of carbonyl (C=O) groups excluding carboxylic acids is 1. The van der Waals surface area contributed by atoms with Gasteiger partial charge in [0.15, 0.2) is 0 Å². The van der Waals surface area contributed by atoms with Crippen molar-refractivity contribution in [3.05, 3.63) is 34.9 Å². The predicted octanol–water partition coefficient (Wildman–Crippen LogP) is 3.76. The van der Waals surface area contributed by atoms with Crippen LogP contribution in [0.5, 0.6) is 0 Å². The Morgan fingerprint density at radius 2 is 1.84 bits per heavy atom. The maximum atomic E-state index is 11.9. The standard InChI is InChI=1S/C15H19ClN2O/c1-11(12-7-9-14(16)10-8-12)17-18-15(19)13-5-3-2-4-6-13/h7-10,13H,2-6H2,1H3,(H,18,19). The molecule has 1 fully saturated rings. The lowest BCUT2D eigenvalue weighted by atomic mass is 9.89. The summed E-state index contributed by atoms with van der Waals surface area (Å²) in [6.45, 7) is 1.88. The Bertz CT molecular complexity index is 462. The topological polar surface area (TPSA) is 41.5 Å². The van der Waals surface area contributed by atoms with Crippen LogP contribution in [0.1, 0.15) is 44.6 Å². The summed E-state index contributed by atoms with van der Waals surface area (Å²) in [4.78, 5) is 11.9. The van der Waals surface area contributed by atoms with E-state index in [1.165, 1.54) is 6.42 Å². The van der Waals surface area contributed by atoms with Crippen LogP contribution < -0.4 is 5.43 Å². The Labute approximate surface area is 119 Å². The Hall–Kier alpha value is -1.35. The molecule has 19 heavy (non-hydrogen) atoms. The van der Waals surface area contributed by atoms with Gasteiger partial charge in [-0.15, -0.1) is 0 Å². The fourth-order valence-electron chi connectivity index (χ4n) is 2.35. The largest absolute Gasteiger partial charge is 0.273 e. The van der Waals surface area contributed by atoms with Crippen LogP contribution in [-0.4, -0.2) is 11.6 Å². The molecule has 0 heterocycles. The molecule has 4 heteroatoms. The number of amides is 1. The van der Waals surface area contributed by atoms with E-state index >= 15 is 0 Å². The van der Waals surface area contributed by atoms with Gasteiger partial charge in [0.05, 0.1) is 5.71 Å². The molecule has 1 saturated carbocycles. The van der Waals surface area contributed by atoms with E-state index in [9.17, 15) is 4.79 Å². The van der Waals surface area contributed by atoms with Crippen LogP contribution >= 0.6 is 11.6 Å². The maximum absolute atomic E-state index is 11.9. The number of hydrazone groups is 1. The highest BCUT2D eigenvalue weighted by molar-refractivity contribution is 6.30. The summed E-state index contributed by atoms with van der Waals surface area (Å²) in [5.41, 5.74) is 4.44. The third-order valence-corrected chi connectivity index (χ3v) is 3.82. The van der Waals surface area contributed by atoms with Gasteiger partial charge < -0.3 is 0 Å². The molecule has 0 unspecified atom stereocenters. The number of benzene rings is 1. The van der Waals surface area contributed by atoms with E-state index in [1.807, 2.05) is 31.2 Å². The number of carbonyl (C=O) groups is 1. The molecule has 0 bridgehead atoms. The first-order valence-electron chi connectivity index (χ1n) is 6.77. The van der Waals surface area contributed by atoms with Gasteiger partial charge >= 0.3 is 0 Å². The second-order valence-electron chi connectivity index (χ2n) is 5.02. The summed E-state index contributed by atoms with van der Waals surface area (Å²) in [6.07, 6.45) is 5.52. The van der Waals surface area contributed by atoms with E-state index in [4.69, 9.17) is 11.6 Å². The lowest BCUT2D eigenvalue weighted by molar-refractivity contribution is -0.125. The fourth-order valence-corrected chi connectivity index (χ4v) is 2.48. The molecule has 2 rings (SSSR count). The van der Waals surface area contributed by atoms with Crippen LogP contribution in [0.15, 0.2) is 29.4 Å². The van der Waals surface area contributed by atoms with Gasteiger partial charge in [-0.25, -0.2) is 5.43 Å². The van der Waals surface area contributed by atoms with Crippen molar-refractivity contribution in [2.45, 2.75) is 39.0 Å². The Morgan fingerprint density at radius 1 is 1.21 bits per heavy atom. The Morgan fingerprint density at radius 3 is 2.47 bits per heavy atom. The van der Waals surface area contributed by atoms with Crippen LogP contribution in [-0.2, 0) is 4.79 Å². The Kier molecular flexibility index (Phi) is 4.97. The molecule has 0 radical (unpaired) electrons. The lowest BCUT2D eigenvalue weighted by Gasteiger charge is -2.19. The predicted molar refractivity (Wildman–Crippen MR) is 78.4 cm³/mol. The molecule has 1 N–H and O–H groups in total. The minimum absolute atomic E-state index is 0.0491. The number of nitrogens with zero attached hydrogens (tertiary/aromatic N) is 1. The van der Waals surface area contributed by atoms with E-state index in [0.29, 0.717) is 5.02 Å². The highest BCUT2D eigenvalue weighted by Gasteiger charge is 2.20. The van der Waals surface area contributed by atoms with E-state index < -0.39 is 0 Å². The SMILES string of the molecule is CC(=NNC(=O)C1CCCCC1)c1ccc(Cl)cc1. The molecule has 0 aliphatic heterocycles. The summed E-state index contributed by atoms with van der Waals surface area (Å²) in [6, 6.07) is 7.43. The average Bonchev–Trinajstić information content (AvgIpc) is 2.46. The molecule has 3 nitrogen and oxygen atoms in total. The van der Waals surface area contributed by atoms with Crippen molar-refractivity contribution < 1.29 is 4.79 Å². The molecule has 1 aliphatic rings. The number of hydrogen-bond acceptors (Lipinski definition) is 2. The fraction of sp³-hybridized carbons (Fsp3) is 0.467. The Balaban J connectivity index is 1.93. The highest BCUT2D eigenvalue weighted by atomic mass is 35.5. The van der Waals surface area contributed by atoms with Crippen molar-refractivity contribution in [2.24, 2.45) is 11.0 Å². The summed E-state index contributed by atoms with van der Waals surface area (Å²) < 4.78 is 0. The molecule has 1 aromatic rings. The monoisotopic (exact) mass is 278 g/mol. The van der Waals surface area contributed by atoms with Crippen LogP contribution in [0.25, 0.3) is 0 Å². The van der Waals surface area contributed by atoms with Gasteiger partial charge in [0.25, 0.3) is 0 Å². The molecule has 102 valence electrons. The first-order chi connectivity index (χ1) is 9.16. The molecule has 1 aromatic carbocycles. The van der Waals surface area contributed by atoms with Gasteiger partial charge in [0.1, 0.15) is 0 Å². The van der Waals surface area contributed by atoms with Crippen LogP contribution in [0.2, 0.25) is 5.02 Å². The summed E-state index contributed by atoms with van der Waals surface area (Å²) in [5.74, 6) is 0.184. The van der Waals surface area contributed by atoms with Gasteiger partial charge in [0.2, 0.25) is 5.91 Å². The second kappa shape index (κ2) is 6.71. The van der Waals surface area contributed by atoms with Gasteiger partial charge in [-0.2, -0.15) is 5.10 Å². The molecule has 1 aliphatic carbocycles. The van der Waals surface area contributed by atoms with Gasteiger partial charge in [-0.05, 0) is 37.5 Å². The maximum Gasteiger partial charge on any atom is 0.243 e. The molecule has 0 atom stereocenters. The zero-order valence-corrected chi connectivity index (χ0v) is 11.9. The number of nitrogens with one attached hydrogen (secondary N) is 1. The third kappa shape index (κ3) is 4.06. The summed E-state index contributed by atoms with van der Waals surface area (Å²) in [7, 11) is 0. The van der Waals surface area contributed by atoms with Gasteiger partial charge in [0, 0.05) is 10.9 Å². The number of rotatable bonds is 3. The summed E-state index contributed by atoms with van der Waals surface area (Å²) in [5, 5.41) is 4.87. The van der Waals surface area contributed by atoms with Crippen molar-refractivity contribution in [3.8, 4) is 0 Å². The first kappa shape index (κ1) is 14.1. The van der Waals surface area contributed by atoms with Crippen molar-refractivity contribution in [2.75, 3.05) is 0 Å². The lowest BCUT2D eigenvalue weighted by Crippen LogP contribution is -2.29. The molecule has 1 amide bonds. The van der Waals surface area contributed by atoms with Crippen LogP contribution in [0.3, 0.4) is 0 Å². The van der Waals surface area contributed by atoms with E-state index in [0.717, 1.165) is 37.0 Å². The van der Waals surface area contributed by atoms with E-state index in [-0.39, 0.29) is 11.8 Å². The smallest absolute Gasteiger partial charge is 0.243 e. The van der Waals surface area contributed by atoms with Crippen molar-refractivity contribution in [3.63, 3.8) is 0 Å².